The highest BCUT2D eigenvalue weighted by Gasteiger charge is 2.22. The van der Waals surface area contributed by atoms with Gasteiger partial charge in [0, 0.05) is 0 Å². The van der Waals surface area contributed by atoms with Crippen LogP contribution < -0.4 is 19.5 Å². The Balaban J connectivity index is 1.42. The molecule has 2 aromatic rings. The van der Waals surface area contributed by atoms with Crippen molar-refractivity contribution in [2.75, 3.05) is 33.5 Å². The number of carbonyl (C=O) groups excluding carboxylic acids is 1. The fraction of sp³-hybridized carbons (Fsp3) is 0.304. The lowest BCUT2D eigenvalue weighted by atomic mass is 10.1. The van der Waals surface area contributed by atoms with Crippen LogP contribution >= 0.6 is 11.8 Å². The first kappa shape index (κ1) is 22.7. The highest BCUT2D eigenvalue weighted by Crippen LogP contribution is 2.31. The molecule has 0 atom stereocenters. The van der Waals surface area contributed by atoms with Crippen molar-refractivity contribution in [2.45, 2.75) is 13.8 Å². The predicted molar refractivity (Wildman–Crippen MR) is 122 cm³/mol. The van der Waals surface area contributed by atoms with Gasteiger partial charge in [0.05, 0.1) is 25.2 Å². The number of carbonyl (C=O) groups is 1. The highest BCUT2D eigenvalue weighted by atomic mass is 32.2. The Morgan fingerprint density at radius 2 is 1.74 bits per heavy atom. The van der Waals surface area contributed by atoms with Crippen molar-refractivity contribution in [2.24, 2.45) is 0 Å². The maximum absolute atomic E-state index is 11.7. The third-order valence-electron chi connectivity index (χ3n) is 4.61. The molecule has 2 aromatic carbocycles. The van der Waals surface area contributed by atoms with E-state index in [1.54, 1.807) is 25.3 Å². The second-order valence-corrected chi connectivity index (χ2v) is 7.91. The summed E-state index contributed by atoms with van der Waals surface area (Å²) >= 11 is 1.09. The number of aryl methyl sites for hydroxylation is 2. The van der Waals surface area contributed by atoms with Crippen LogP contribution in [0.1, 0.15) is 16.7 Å². The maximum atomic E-state index is 11.7. The summed E-state index contributed by atoms with van der Waals surface area (Å²) in [7, 11) is 1.56. The van der Waals surface area contributed by atoms with Crippen molar-refractivity contribution >= 4 is 28.9 Å². The normalized spacial score (nSPS) is 14.6. The summed E-state index contributed by atoms with van der Waals surface area (Å²) in [5.74, 6) is 1.72. The van der Waals surface area contributed by atoms with E-state index in [-0.39, 0.29) is 11.1 Å². The summed E-state index contributed by atoms with van der Waals surface area (Å²) in [5, 5.41) is 10.1. The fourth-order valence-corrected chi connectivity index (χ4v) is 3.52. The third kappa shape index (κ3) is 6.50. The molecule has 0 aromatic heterocycles. The summed E-state index contributed by atoms with van der Waals surface area (Å²) < 4.78 is 22.4. The molecular formula is C23H26N2O5S. The van der Waals surface area contributed by atoms with Crippen LogP contribution in [-0.4, -0.2) is 44.6 Å². The van der Waals surface area contributed by atoms with Crippen molar-refractivity contribution in [3.8, 4) is 17.2 Å². The molecule has 31 heavy (non-hydrogen) atoms. The zero-order valence-corrected chi connectivity index (χ0v) is 18.6. The van der Waals surface area contributed by atoms with Gasteiger partial charge in [0.25, 0.3) is 5.91 Å². The second kappa shape index (κ2) is 10.9. The quantitative estimate of drug-likeness (QED) is 0.428. The zero-order valence-electron chi connectivity index (χ0n) is 17.8. The minimum absolute atomic E-state index is 0.127. The first-order chi connectivity index (χ1) is 15.0. The lowest BCUT2D eigenvalue weighted by molar-refractivity contribution is -0.115. The Hall–Kier alpha value is -2.97. The first-order valence-electron chi connectivity index (χ1n) is 9.84. The van der Waals surface area contributed by atoms with E-state index in [1.165, 1.54) is 11.1 Å². The monoisotopic (exact) mass is 442 g/mol. The lowest BCUT2D eigenvalue weighted by Gasteiger charge is -2.12. The smallest absolute Gasteiger partial charge is 0.264 e. The van der Waals surface area contributed by atoms with Gasteiger partial charge in [-0.15, -0.1) is 0 Å². The van der Waals surface area contributed by atoms with Crippen LogP contribution in [0.2, 0.25) is 0 Å². The number of hydrogen-bond donors (Lipinski definition) is 2. The minimum atomic E-state index is -0.270. The maximum Gasteiger partial charge on any atom is 0.264 e. The number of nitrogens with one attached hydrogen (secondary N) is 2. The Bertz CT molecular complexity index is 990. The fourth-order valence-electron chi connectivity index (χ4n) is 2.82. The Morgan fingerprint density at radius 3 is 2.42 bits per heavy atom. The van der Waals surface area contributed by atoms with Crippen LogP contribution in [0.25, 0.3) is 6.08 Å². The molecule has 164 valence electrons. The van der Waals surface area contributed by atoms with E-state index in [0.29, 0.717) is 42.8 Å². The molecule has 1 amide bonds. The number of hydrogen-bond acceptors (Lipinski definition) is 7. The molecule has 2 N–H and O–H groups in total. The first-order valence-corrected chi connectivity index (χ1v) is 10.7. The van der Waals surface area contributed by atoms with Crippen molar-refractivity contribution in [3.05, 3.63) is 58.0 Å². The van der Waals surface area contributed by atoms with E-state index in [4.69, 9.17) is 24.4 Å². The Morgan fingerprint density at radius 1 is 0.968 bits per heavy atom. The van der Waals surface area contributed by atoms with E-state index < -0.39 is 0 Å². The van der Waals surface area contributed by atoms with Crippen molar-refractivity contribution in [1.82, 2.24) is 5.32 Å². The van der Waals surface area contributed by atoms with Gasteiger partial charge in [-0.2, -0.15) is 0 Å². The molecule has 3 rings (SSSR count). The summed E-state index contributed by atoms with van der Waals surface area (Å²) in [5.41, 5.74) is 3.23. The molecule has 0 saturated carbocycles. The zero-order chi connectivity index (χ0) is 22.2. The Kier molecular flexibility index (Phi) is 7.97. The molecule has 0 aliphatic carbocycles. The highest BCUT2D eigenvalue weighted by molar-refractivity contribution is 8.18. The predicted octanol–water partition coefficient (Wildman–Crippen LogP) is 3.93. The van der Waals surface area contributed by atoms with Gasteiger partial charge >= 0.3 is 0 Å². The molecule has 1 fully saturated rings. The van der Waals surface area contributed by atoms with Crippen molar-refractivity contribution in [3.63, 3.8) is 0 Å². The van der Waals surface area contributed by atoms with Gasteiger partial charge in [-0.1, -0.05) is 12.1 Å². The van der Waals surface area contributed by atoms with Gasteiger partial charge in [-0.3, -0.25) is 10.2 Å². The molecule has 1 aliphatic rings. The topological polar surface area (TPSA) is 89.9 Å². The average Bonchev–Trinajstić information content (AvgIpc) is 3.07. The number of amides is 1. The van der Waals surface area contributed by atoms with Crippen molar-refractivity contribution in [1.29, 1.82) is 5.41 Å². The van der Waals surface area contributed by atoms with Crippen LogP contribution in [0.4, 0.5) is 0 Å². The van der Waals surface area contributed by atoms with Gasteiger partial charge in [0.2, 0.25) is 0 Å². The van der Waals surface area contributed by atoms with Crippen molar-refractivity contribution < 1.29 is 23.7 Å². The standard InChI is InChI=1S/C23H26N2O5S/c1-15-4-6-18(12-16(15)2)29-10-8-28-9-11-30-19-7-5-17(13-20(19)27-3)14-21-22(26)25-23(24)31-21/h4-7,12-14H,8-11H2,1-3H3,(H2,24,25,26). The van der Waals surface area contributed by atoms with E-state index in [0.717, 1.165) is 23.1 Å². The number of benzene rings is 2. The number of methoxy groups -OCH3 is 1. The molecular weight excluding hydrogens is 416 g/mol. The van der Waals surface area contributed by atoms with E-state index in [9.17, 15) is 4.79 Å². The van der Waals surface area contributed by atoms with Gasteiger partial charge in [-0.05, 0) is 72.6 Å². The van der Waals surface area contributed by atoms with Crippen LogP contribution in [0.3, 0.4) is 0 Å². The average molecular weight is 443 g/mol. The largest absolute Gasteiger partial charge is 0.493 e. The molecule has 0 radical (unpaired) electrons. The SMILES string of the molecule is COc1cc(C=C2SC(=N)NC2=O)ccc1OCCOCCOc1ccc(C)c(C)c1. The summed E-state index contributed by atoms with van der Waals surface area (Å²) in [4.78, 5) is 12.2. The minimum Gasteiger partial charge on any atom is -0.493 e. The van der Waals surface area contributed by atoms with Crippen LogP contribution in [-0.2, 0) is 9.53 Å². The van der Waals surface area contributed by atoms with Crippen LogP contribution in [0.5, 0.6) is 17.2 Å². The summed E-state index contributed by atoms with van der Waals surface area (Å²) in [6.45, 7) is 5.86. The molecule has 1 saturated heterocycles. The molecule has 8 heteroatoms. The molecule has 1 heterocycles. The molecule has 1 aliphatic heterocycles. The molecule has 0 spiro atoms. The van der Waals surface area contributed by atoms with Gasteiger partial charge in [-0.25, -0.2) is 0 Å². The number of ether oxygens (including phenoxy) is 4. The van der Waals surface area contributed by atoms with Gasteiger partial charge in [0.1, 0.15) is 19.0 Å². The number of amidine groups is 1. The third-order valence-corrected chi connectivity index (χ3v) is 5.44. The number of thioether (sulfide) groups is 1. The van der Waals surface area contributed by atoms with Gasteiger partial charge < -0.3 is 24.3 Å². The molecule has 0 unspecified atom stereocenters. The Labute approximate surface area is 186 Å². The lowest BCUT2D eigenvalue weighted by Crippen LogP contribution is -2.18. The van der Waals surface area contributed by atoms with Gasteiger partial charge in [0.15, 0.2) is 16.7 Å². The number of rotatable bonds is 10. The van der Waals surface area contributed by atoms with E-state index >= 15 is 0 Å². The van der Waals surface area contributed by atoms with E-state index in [2.05, 4.69) is 19.2 Å². The molecule has 7 nitrogen and oxygen atoms in total. The summed E-state index contributed by atoms with van der Waals surface area (Å²) in [6.07, 6.45) is 1.71. The van der Waals surface area contributed by atoms with E-state index in [1.807, 2.05) is 24.3 Å². The second-order valence-electron chi connectivity index (χ2n) is 6.86. The van der Waals surface area contributed by atoms with Crippen LogP contribution in [0.15, 0.2) is 41.3 Å². The summed E-state index contributed by atoms with van der Waals surface area (Å²) in [6, 6.07) is 11.4. The molecule has 0 bridgehead atoms. The van der Waals surface area contributed by atoms with Crippen LogP contribution in [0, 0.1) is 19.3 Å².